The molecule has 3 unspecified atom stereocenters. The smallest absolute Gasteiger partial charge is 0.183 e. The van der Waals surface area contributed by atoms with Crippen LogP contribution in [0.5, 0.6) is 0 Å². The van der Waals surface area contributed by atoms with Crippen molar-refractivity contribution in [3.63, 3.8) is 0 Å². The summed E-state index contributed by atoms with van der Waals surface area (Å²) in [4.78, 5) is 11.5. The zero-order chi connectivity index (χ0) is 17.3. The number of aryl methyl sites for hydroxylation is 1. The van der Waals surface area contributed by atoms with Crippen molar-refractivity contribution in [2.24, 2.45) is 0 Å². The van der Waals surface area contributed by atoms with E-state index in [1.165, 1.54) is 12.1 Å². The topological polar surface area (TPSA) is 86.3 Å². The summed E-state index contributed by atoms with van der Waals surface area (Å²) in [6.45, 7) is 1.91. The molecular weight excluding hydrogens is 326 g/mol. The van der Waals surface area contributed by atoms with Gasteiger partial charge in [0.25, 0.3) is 0 Å². The highest BCUT2D eigenvalue weighted by molar-refractivity contribution is 7.92. The molecule has 3 rings (SSSR count). The molecular formula is C18H18NO4S-. The minimum Gasteiger partial charge on any atom is -0.548 e. The van der Waals surface area contributed by atoms with Gasteiger partial charge in [0, 0.05) is 12.1 Å². The molecule has 2 aromatic rings. The third-order valence-corrected chi connectivity index (χ3v) is 6.57. The fraction of sp³-hybridized carbons (Fsp3) is 0.278. The van der Waals surface area contributed by atoms with Crippen LogP contribution in [0.3, 0.4) is 0 Å². The van der Waals surface area contributed by atoms with Gasteiger partial charge in [0.15, 0.2) is 9.84 Å². The first kappa shape index (κ1) is 16.7. The maximum Gasteiger partial charge on any atom is 0.183 e. The molecule has 1 saturated heterocycles. The Kier molecular flexibility index (Phi) is 4.43. The standard InChI is InChI=1S/C18H19NO4S/c1-12-6-5-7-13(10-12)17-16(11-15(19-17)18(20)21)24(22,23)14-8-3-2-4-9-14/h2-10,15-17,19H,11H2,1H3,(H,20,21)/p-1. The van der Waals surface area contributed by atoms with E-state index in [2.05, 4.69) is 5.32 Å². The Bertz CT molecular complexity index is 848. The second-order valence-electron chi connectivity index (χ2n) is 6.06. The highest BCUT2D eigenvalue weighted by Gasteiger charge is 2.43. The van der Waals surface area contributed by atoms with Gasteiger partial charge in [-0.15, -0.1) is 0 Å². The monoisotopic (exact) mass is 344 g/mol. The molecule has 2 aromatic carbocycles. The third kappa shape index (κ3) is 3.07. The van der Waals surface area contributed by atoms with Crippen molar-refractivity contribution in [1.82, 2.24) is 5.32 Å². The number of carbonyl (C=O) groups excluding carboxylic acids is 1. The molecule has 0 bridgehead atoms. The maximum atomic E-state index is 13.0. The molecule has 5 nitrogen and oxygen atoms in total. The summed E-state index contributed by atoms with van der Waals surface area (Å²) in [5, 5.41) is 13.3. The van der Waals surface area contributed by atoms with Crippen LogP contribution >= 0.6 is 0 Å². The fourth-order valence-electron chi connectivity index (χ4n) is 3.19. The number of rotatable bonds is 4. The number of hydrogen-bond acceptors (Lipinski definition) is 5. The molecule has 1 heterocycles. The molecule has 126 valence electrons. The van der Waals surface area contributed by atoms with Crippen LogP contribution in [0.1, 0.15) is 23.6 Å². The van der Waals surface area contributed by atoms with E-state index in [1.54, 1.807) is 18.2 Å². The first-order valence-corrected chi connectivity index (χ1v) is 9.26. The van der Waals surface area contributed by atoms with Gasteiger partial charge in [-0.2, -0.15) is 0 Å². The Balaban J connectivity index is 2.04. The zero-order valence-electron chi connectivity index (χ0n) is 13.2. The fourth-order valence-corrected chi connectivity index (χ4v) is 5.12. The van der Waals surface area contributed by atoms with Gasteiger partial charge in [0.2, 0.25) is 0 Å². The number of carboxylic acids is 1. The molecule has 3 atom stereocenters. The number of sulfone groups is 1. The maximum absolute atomic E-state index is 13.0. The van der Waals surface area contributed by atoms with Crippen molar-refractivity contribution in [3.05, 3.63) is 65.7 Å². The summed E-state index contributed by atoms with van der Waals surface area (Å²) in [5.74, 6) is -1.28. The summed E-state index contributed by atoms with van der Waals surface area (Å²) in [6.07, 6.45) is -0.0157. The lowest BCUT2D eigenvalue weighted by Crippen LogP contribution is -2.42. The predicted molar refractivity (Wildman–Crippen MR) is 87.9 cm³/mol. The average Bonchev–Trinajstić information content (AvgIpc) is 3.02. The Labute approximate surface area is 141 Å². The number of carboxylic acid groups (broad SMARTS) is 1. The molecule has 0 aromatic heterocycles. The van der Waals surface area contributed by atoms with E-state index in [9.17, 15) is 18.3 Å². The van der Waals surface area contributed by atoms with E-state index >= 15 is 0 Å². The number of nitrogens with one attached hydrogen (secondary N) is 1. The van der Waals surface area contributed by atoms with Crippen LogP contribution in [0.4, 0.5) is 0 Å². The van der Waals surface area contributed by atoms with Gasteiger partial charge in [0.1, 0.15) is 0 Å². The van der Waals surface area contributed by atoms with Gasteiger partial charge in [-0.25, -0.2) is 8.42 Å². The molecule has 6 heteroatoms. The van der Waals surface area contributed by atoms with Gasteiger partial charge in [-0.3, -0.25) is 0 Å². The number of carbonyl (C=O) groups is 1. The molecule has 1 fully saturated rings. The van der Waals surface area contributed by atoms with Crippen LogP contribution in [0, 0.1) is 6.92 Å². The SMILES string of the molecule is Cc1cccc(C2NC(C(=O)[O-])CC2S(=O)(=O)c2ccccc2)c1. The molecule has 0 radical (unpaired) electrons. The number of hydrogen-bond donors (Lipinski definition) is 1. The van der Waals surface area contributed by atoms with Crippen molar-refractivity contribution in [2.45, 2.75) is 35.6 Å². The van der Waals surface area contributed by atoms with Gasteiger partial charge in [-0.1, -0.05) is 48.0 Å². The number of benzene rings is 2. The molecule has 1 N–H and O–H groups in total. The molecule has 0 amide bonds. The third-order valence-electron chi connectivity index (χ3n) is 4.38. The van der Waals surface area contributed by atoms with E-state index < -0.39 is 33.1 Å². The van der Waals surface area contributed by atoms with Crippen molar-refractivity contribution < 1.29 is 18.3 Å². The van der Waals surface area contributed by atoms with E-state index in [1.807, 2.05) is 31.2 Å². The van der Waals surface area contributed by atoms with Crippen LogP contribution in [0.2, 0.25) is 0 Å². The average molecular weight is 344 g/mol. The van der Waals surface area contributed by atoms with Gasteiger partial charge in [0.05, 0.1) is 16.1 Å². The Morgan fingerprint density at radius 3 is 2.46 bits per heavy atom. The normalized spacial score (nSPS) is 24.0. The van der Waals surface area contributed by atoms with E-state index in [0.717, 1.165) is 11.1 Å². The summed E-state index contributed by atoms with van der Waals surface area (Å²) in [5.41, 5.74) is 1.75. The van der Waals surface area contributed by atoms with Gasteiger partial charge in [-0.05, 0) is 31.0 Å². The summed E-state index contributed by atoms with van der Waals surface area (Å²) in [6, 6.07) is 14.0. The summed E-state index contributed by atoms with van der Waals surface area (Å²) >= 11 is 0. The quantitative estimate of drug-likeness (QED) is 0.894. The van der Waals surface area contributed by atoms with Crippen LogP contribution < -0.4 is 10.4 Å². The van der Waals surface area contributed by atoms with Crippen molar-refractivity contribution in [2.75, 3.05) is 0 Å². The van der Waals surface area contributed by atoms with Crippen LogP contribution in [0.25, 0.3) is 0 Å². The van der Waals surface area contributed by atoms with Crippen molar-refractivity contribution >= 4 is 15.8 Å². The lowest BCUT2D eigenvalue weighted by molar-refractivity contribution is -0.308. The predicted octanol–water partition coefficient (Wildman–Crippen LogP) is 0.990. The number of aliphatic carboxylic acids is 1. The van der Waals surface area contributed by atoms with Crippen LogP contribution in [-0.4, -0.2) is 25.7 Å². The van der Waals surface area contributed by atoms with Crippen LogP contribution in [-0.2, 0) is 14.6 Å². The highest BCUT2D eigenvalue weighted by Crippen LogP contribution is 2.35. The second kappa shape index (κ2) is 6.37. The molecule has 0 aliphatic carbocycles. The van der Waals surface area contributed by atoms with Crippen LogP contribution in [0.15, 0.2) is 59.5 Å². The Hall–Kier alpha value is -2.18. The molecule has 1 aliphatic rings. The van der Waals surface area contributed by atoms with Gasteiger partial charge < -0.3 is 15.2 Å². The van der Waals surface area contributed by atoms with Crippen molar-refractivity contribution in [1.29, 1.82) is 0 Å². The van der Waals surface area contributed by atoms with Gasteiger partial charge >= 0.3 is 0 Å². The summed E-state index contributed by atoms with van der Waals surface area (Å²) < 4.78 is 26.0. The van der Waals surface area contributed by atoms with Crippen molar-refractivity contribution in [3.8, 4) is 0 Å². The first-order valence-electron chi connectivity index (χ1n) is 7.72. The first-order chi connectivity index (χ1) is 11.4. The summed E-state index contributed by atoms with van der Waals surface area (Å²) in [7, 11) is -3.67. The molecule has 0 spiro atoms. The van der Waals surface area contributed by atoms with E-state index in [0.29, 0.717) is 0 Å². The lowest BCUT2D eigenvalue weighted by atomic mass is 10.0. The molecule has 1 aliphatic heterocycles. The molecule has 0 saturated carbocycles. The lowest BCUT2D eigenvalue weighted by Gasteiger charge is -2.21. The highest BCUT2D eigenvalue weighted by atomic mass is 32.2. The zero-order valence-corrected chi connectivity index (χ0v) is 14.0. The molecule has 24 heavy (non-hydrogen) atoms. The largest absolute Gasteiger partial charge is 0.548 e. The minimum absolute atomic E-state index is 0.0157. The minimum atomic E-state index is -3.67. The van der Waals surface area contributed by atoms with E-state index in [4.69, 9.17) is 0 Å². The Morgan fingerprint density at radius 2 is 1.83 bits per heavy atom. The Morgan fingerprint density at radius 1 is 1.12 bits per heavy atom. The van der Waals surface area contributed by atoms with E-state index in [-0.39, 0.29) is 11.3 Å². The second-order valence-corrected chi connectivity index (χ2v) is 8.23.